The first kappa shape index (κ1) is 22.6. The maximum absolute atomic E-state index is 12.7. The first-order valence-corrected chi connectivity index (χ1v) is 7.43. The van der Waals surface area contributed by atoms with Gasteiger partial charge in [-0.3, -0.25) is 0 Å². The second-order valence-corrected chi connectivity index (χ2v) is 5.72. The van der Waals surface area contributed by atoms with Crippen LogP contribution in [-0.4, -0.2) is 35.6 Å². The zero-order valence-electron chi connectivity index (χ0n) is 11.9. The third-order valence-corrected chi connectivity index (χ3v) is 3.21. The van der Waals surface area contributed by atoms with Crippen molar-refractivity contribution in [1.82, 2.24) is 4.57 Å². The summed E-state index contributed by atoms with van der Waals surface area (Å²) in [4.78, 5) is 0. The third kappa shape index (κ3) is 5.58. The Hall–Kier alpha value is -1.44. The van der Waals surface area contributed by atoms with E-state index in [1.165, 1.54) is 10.8 Å². The molecular weight excluding hydrogens is 380 g/mol. The van der Waals surface area contributed by atoms with Crippen molar-refractivity contribution < 1.29 is 52.7 Å². The summed E-state index contributed by atoms with van der Waals surface area (Å²) in [6.07, 6.45) is -4.13. The molecule has 0 N–H and O–H groups in total. The van der Waals surface area contributed by atoms with Gasteiger partial charge in [0.1, 0.15) is 12.4 Å². The lowest BCUT2D eigenvalue weighted by Gasteiger charge is -2.17. The number of hydrogen-bond acceptors (Lipinski definition) is 3. The van der Waals surface area contributed by atoms with E-state index in [-0.39, 0.29) is 4.57 Å². The normalized spacial score (nSPS) is 13.2. The molecule has 24 heavy (non-hydrogen) atoms. The van der Waals surface area contributed by atoms with E-state index >= 15 is 0 Å². The lowest BCUT2D eigenvalue weighted by molar-refractivity contribution is -0.834. The number of imidazole rings is 1. The van der Waals surface area contributed by atoms with Gasteiger partial charge in [-0.2, -0.15) is 30.9 Å². The molecule has 0 aliphatic rings. The summed E-state index contributed by atoms with van der Waals surface area (Å²) in [6, 6.07) is -4.13. The molecule has 1 aromatic heterocycles. The molecule has 0 spiro atoms. The van der Waals surface area contributed by atoms with Gasteiger partial charge in [0.2, 0.25) is 6.33 Å². The molecule has 14 heteroatoms. The first-order valence-electron chi connectivity index (χ1n) is 6.02. The summed E-state index contributed by atoms with van der Waals surface area (Å²) in [5.41, 5.74) is 0. The first-order chi connectivity index (χ1) is 10.7. The average molecular weight is 392 g/mol. The van der Waals surface area contributed by atoms with Crippen LogP contribution in [0.15, 0.2) is 18.7 Å². The highest BCUT2D eigenvalue weighted by molar-refractivity contribution is 7.86. The molecule has 1 rings (SSSR count). The van der Waals surface area contributed by atoms with E-state index < -0.39 is 34.3 Å². The number of alkyl halides is 8. The highest BCUT2D eigenvalue weighted by Crippen LogP contribution is 2.27. The van der Waals surface area contributed by atoms with Crippen LogP contribution in [0.3, 0.4) is 0 Å². The summed E-state index contributed by atoms with van der Waals surface area (Å²) in [5.74, 6) is 0. The van der Waals surface area contributed by atoms with Crippen molar-refractivity contribution in [1.29, 1.82) is 0 Å². The number of aromatic nitrogens is 2. The van der Waals surface area contributed by atoms with E-state index in [2.05, 4.69) is 0 Å². The number of rotatable bonds is 6. The predicted molar refractivity (Wildman–Crippen MR) is 61.8 cm³/mol. The van der Waals surface area contributed by atoms with Crippen LogP contribution in [0.2, 0.25) is 0 Å². The monoisotopic (exact) mass is 392 g/mol. The maximum Gasteiger partial charge on any atom is 0.459 e. The second kappa shape index (κ2) is 8.09. The molecule has 0 atom stereocenters. The van der Waals surface area contributed by atoms with Crippen molar-refractivity contribution >= 4 is 10.1 Å². The molecule has 1 heterocycles. The van der Waals surface area contributed by atoms with E-state index in [9.17, 15) is 48.1 Å². The Labute approximate surface area is 131 Å². The summed E-state index contributed by atoms with van der Waals surface area (Å²) < 4.78 is 124. The number of nitrogens with zero attached hydrogens (tertiary/aromatic N) is 2. The zero-order chi connectivity index (χ0) is 19.3. The van der Waals surface area contributed by atoms with Crippen LogP contribution in [0.5, 0.6) is 0 Å². The molecule has 0 aliphatic carbocycles. The summed E-state index contributed by atoms with van der Waals surface area (Å²) in [7, 11) is -6.23. The van der Waals surface area contributed by atoms with Crippen molar-refractivity contribution in [2.45, 2.75) is 44.0 Å². The SMILES string of the molecule is CCCn1cc[n+](C(F)(F)C(F)F)c1.O=S(=O)([O-])C(F)(F)C(F)F. The smallest absolute Gasteiger partial charge is 0.459 e. The molecule has 1 aromatic rings. The van der Waals surface area contributed by atoms with Crippen LogP contribution in [-0.2, 0) is 22.7 Å². The Morgan fingerprint density at radius 3 is 1.92 bits per heavy atom. The molecule has 0 amide bonds. The standard InChI is InChI=1S/C8H11F4N2.C2H2F4O3S/c1-2-3-13-4-5-14(6-13)8(11,12)7(9)10;3-1(4)2(5,6)10(7,8)9/h4-7H,2-3H2,1H3;1H,(H,7,8,9)/q+1;/p-1. The fourth-order valence-corrected chi connectivity index (χ4v) is 1.40. The largest absolute Gasteiger partial charge is 0.743 e. The van der Waals surface area contributed by atoms with Crippen molar-refractivity contribution in [3.63, 3.8) is 0 Å². The summed E-state index contributed by atoms with van der Waals surface area (Å²) >= 11 is 0. The fourth-order valence-electron chi connectivity index (χ4n) is 1.18. The summed E-state index contributed by atoms with van der Waals surface area (Å²) in [5, 5.41) is -5.48. The molecule has 0 fully saturated rings. The van der Waals surface area contributed by atoms with E-state index in [1.807, 2.05) is 6.92 Å². The third-order valence-electron chi connectivity index (χ3n) is 2.37. The second-order valence-electron chi connectivity index (χ2n) is 4.26. The maximum atomic E-state index is 12.7. The Bertz CT molecular complexity index is 617. The Balaban J connectivity index is 0.000000470. The molecule has 0 saturated heterocycles. The molecule has 0 aliphatic heterocycles. The van der Waals surface area contributed by atoms with Gasteiger partial charge in [0.25, 0.3) is 0 Å². The Morgan fingerprint density at radius 2 is 1.62 bits per heavy atom. The molecule has 0 unspecified atom stereocenters. The topological polar surface area (TPSA) is 66.0 Å². The quantitative estimate of drug-likeness (QED) is 0.424. The Kier molecular flexibility index (Phi) is 7.61. The van der Waals surface area contributed by atoms with Crippen LogP contribution in [0.1, 0.15) is 13.3 Å². The van der Waals surface area contributed by atoms with Gasteiger partial charge in [-0.25, -0.2) is 21.8 Å². The van der Waals surface area contributed by atoms with Crippen molar-refractivity contribution in [3.8, 4) is 0 Å². The van der Waals surface area contributed by atoms with Crippen LogP contribution in [0, 0.1) is 0 Å². The minimum absolute atomic E-state index is 0.229. The molecule has 142 valence electrons. The van der Waals surface area contributed by atoms with Crippen LogP contribution < -0.4 is 4.57 Å². The molecule has 0 aromatic carbocycles. The lowest BCUT2D eigenvalue weighted by atomic mass is 10.5. The minimum Gasteiger partial charge on any atom is -0.743 e. The van der Waals surface area contributed by atoms with Gasteiger partial charge in [0.15, 0.2) is 10.1 Å². The highest BCUT2D eigenvalue weighted by atomic mass is 32.2. The van der Waals surface area contributed by atoms with Crippen LogP contribution in [0.25, 0.3) is 0 Å². The Morgan fingerprint density at radius 1 is 1.12 bits per heavy atom. The van der Waals surface area contributed by atoms with Gasteiger partial charge in [-0.1, -0.05) is 6.92 Å². The zero-order valence-corrected chi connectivity index (χ0v) is 12.7. The van der Waals surface area contributed by atoms with Gasteiger partial charge >= 0.3 is 24.2 Å². The van der Waals surface area contributed by atoms with Crippen molar-refractivity contribution in [3.05, 3.63) is 18.7 Å². The van der Waals surface area contributed by atoms with Crippen molar-refractivity contribution in [2.75, 3.05) is 0 Å². The van der Waals surface area contributed by atoms with Gasteiger partial charge in [-0.15, -0.1) is 0 Å². The van der Waals surface area contributed by atoms with Gasteiger partial charge < -0.3 is 4.55 Å². The lowest BCUT2D eigenvalue weighted by Crippen LogP contribution is -2.53. The summed E-state index contributed by atoms with van der Waals surface area (Å²) in [6.45, 7) is 2.40. The van der Waals surface area contributed by atoms with Gasteiger partial charge in [-0.05, 0) is 6.42 Å². The molecule has 0 saturated carbocycles. The molecule has 0 radical (unpaired) electrons. The minimum atomic E-state index is -6.23. The van der Waals surface area contributed by atoms with E-state index in [0.29, 0.717) is 6.54 Å². The van der Waals surface area contributed by atoms with Crippen molar-refractivity contribution in [2.24, 2.45) is 0 Å². The predicted octanol–water partition coefficient (Wildman–Crippen LogP) is 2.39. The number of aryl methyl sites for hydroxylation is 1. The molecule has 0 bridgehead atoms. The van der Waals surface area contributed by atoms with E-state index in [4.69, 9.17) is 0 Å². The van der Waals surface area contributed by atoms with Crippen LogP contribution in [0.4, 0.5) is 35.1 Å². The van der Waals surface area contributed by atoms with E-state index in [0.717, 1.165) is 18.9 Å². The van der Waals surface area contributed by atoms with E-state index in [1.54, 1.807) is 0 Å². The number of hydrogen-bond donors (Lipinski definition) is 0. The van der Waals surface area contributed by atoms with Crippen LogP contribution >= 0.6 is 0 Å². The fraction of sp³-hybridized carbons (Fsp3) is 0.700. The van der Waals surface area contributed by atoms with Gasteiger partial charge in [0, 0.05) is 0 Å². The van der Waals surface area contributed by atoms with Gasteiger partial charge in [0.05, 0.1) is 6.54 Å². The number of halogens is 8. The average Bonchev–Trinajstić information content (AvgIpc) is 2.87. The molecule has 5 nitrogen and oxygen atoms in total. The molecular formula is C10H12F8N2O3S. The highest BCUT2D eigenvalue weighted by Gasteiger charge is 2.48.